The first-order valence-corrected chi connectivity index (χ1v) is 8.93. The van der Waals surface area contributed by atoms with Gasteiger partial charge in [-0.05, 0) is 53.6 Å². The van der Waals surface area contributed by atoms with Crippen molar-refractivity contribution in [1.29, 1.82) is 0 Å². The van der Waals surface area contributed by atoms with Crippen molar-refractivity contribution in [3.8, 4) is 0 Å². The quantitative estimate of drug-likeness (QED) is 0.405. The number of benzene rings is 3. The number of fused-ring (bicyclic) bond motifs is 1. The van der Waals surface area contributed by atoms with Crippen LogP contribution in [0.25, 0.3) is 10.8 Å². The van der Waals surface area contributed by atoms with Gasteiger partial charge in [0, 0.05) is 16.7 Å². The number of hydrogen-bond acceptors (Lipinski definition) is 2. The standard InChI is InChI=1S/C21H21NS/c1-4-23-20-13-18-11-6-5-10-17(18)12-19(20)14-22-21-15(2)8-7-9-16(21)3/h5-14H,4H2,1-3H3/b22-14+. The van der Waals surface area contributed by atoms with Crippen LogP contribution in [0.4, 0.5) is 5.69 Å². The molecular formula is C21H21NS. The molecule has 0 saturated heterocycles. The van der Waals surface area contributed by atoms with Gasteiger partial charge in [-0.25, -0.2) is 0 Å². The van der Waals surface area contributed by atoms with Crippen molar-refractivity contribution in [2.45, 2.75) is 25.7 Å². The van der Waals surface area contributed by atoms with Gasteiger partial charge in [0.25, 0.3) is 0 Å². The van der Waals surface area contributed by atoms with Crippen LogP contribution < -0.4 is 0 Å². The first kappa shape index (κ1) is 15.8. The van der Waals surface area contributed by atoms with Crippen molar-refractivity contribution in [3.05, 3.63) is 71.3 Å². The van der Waals surface area contributed by atoms with E-state index in [9.17, 15) is 0 Å². The normalized spacial score (nSPS) is 11.4. The summed E-state index contributed by atoms with van der Waals surface area (Å²) in [6.07, 6.45) is 2.01. The van der Waals surface area contributed by atoms with E-state index in [1.54, 1.807) is 0 Å². The SMILES string of the molecule is CCSc1cc2ccccc2cc1/C=N/c1c(C)cccc1C. The van der Waals surface area contributed by atoms with Gasteiger partial charge in [0.1, 0.15) is 0 Å². The molecule has 0 aliphatic rings. The molecule has 0 aliphatic heterocycles. The molecule has 0 heterocycles. The minimum atomic E-state index is 1.06. The maximum Gasteiger partial charge on any atom is 0.0688 e. The van der Waals surface area contributed by atoms with E-state index in [0.29, 0.717) is 0 Å². The van der Waals surface area contributed by atoms with Crippen molar-refractivity contribution in [2.75, 3.05) is 5.75 Å². The Morgan fingerprint density at radius 1 is 0.913 bits per heavy atom. The lowest BCUT2D eigenvalue weighted by molar-refractivity contribution is 1.33. The molecule has 0 fully saturated rings. The molecule has 0 saturated carbocycles. The molecule has 0 aromatic heterocycles. The minimum Gasteiger partial charge on any atom is -0.256 e. The fourth-order valence-electron chi connectivity index (χ4n) is 2.76. The van der Waals surface area contributed by atoms with Gasteiger partial charge in [-0.2, -0.15) is 0 Å². The third-order valence-electron chi connectivity index (χ3n) is 3.95. The minimum absolute atomic E-state index is 1.06. The Bertz CT molecular complexity index is 845. The summed E-state index contributed by atoms with van der Waals surface area (Å²) in [7, 11) is 0. The highest BCUT2D eigenvalue weighted by Crippen LogP contribution is 2.28. The molecule has 0 unspecified atom stereocenters. The maximum absolute atomic E-state index is 4.79. The van der Waals surface area contributed by atoms with E-state index in [1.165, 1.54) is 32.4 Å². The first-order chi connectivity index (χ1) is 11.2. The summed E-state index contributed by atoms with van der Waals surface area (Å²) in [6.45, 7) is 6.41. The van der Waals surface area contributed by atoms with Gasteiger partial charge < -0.3 is 0 Å². The van der Waals surface area contributed by atoms with Crippen LogP contribution in [0.1, 0.15) is 23.6 Å². The second-order valence-corrected chi connectivity index (χ2v) is 6.97. The highest BCUT2D eigenvalue weighted by molar-refractivity contribution is 7.99. The Hall–Kier alpha value is -2.06. The van der Waals surface area contributed by atoms with E-state index in [1.807, 2.05) is 18.0 Å². The Kier molecular flexibility index (Phi) is 4.82. The summed E-state index contributed by atoms with van der Waals surface area (Å²) in [5, 5.41) is 2.54. The van der Waals surface area contributed by atoms with Crippen molar-refractivity contribution in [3.63, 3.8) is 0 Å². The molecule has 0 radical (unpaired) electrons. The molecule has 0 atom stereocenters. The molecule has 3 aromatic carbocycles. The van der Waals surface area contributed by atoms with Gasteiger partial charge >= 0.3 is 0 Å². The summed E-state index contributed by atoms with van der Waals surface area (Å²) in [6, 6.07) is 19.3. The summed E-state index contributed by atoms with van der Waals surface area (Å²) in [4.78, 5) is 6.08. The molecular weight excluding hydrogens is 298 g/mol. The fraction of sp³-hybridized carbons (Fsp3) is 0.190. The Morgan fingerprint density at radius 2 is 1.57 bits per heavy atom. The second-order valence-electron chi connectivity index (χ2n) is 5.67. The van der Waals surface area contributed by atoms with Crippen LogP contribution in [0.15, 0.2) is 64.5 Å². The number of para-hydroxylation sites is 1. The fourth-order valence-corrected chi connectivity index (χ4v) is 3.56. The van der Waals surface area contributed by atoms with E-state index in [2.05, 4.69) is 75.4 Å². The van der Waals surface area contributed by atoms with E-state index in [-0.39, 0.29) is 0 Å². The molecule has 2 heteroatoms. The molecule has 3 aromatic rings. The Balaban J connectivity index is 2.07. The van der Waals surface area contributed by atoms with E-state index in [0.717, 1.165) is 11.4 Å². The lowest BCUT2D eigenvalue weighted by Gasteiger charge is -2.08. The third-order valence-corrected chi connectivity index (χ3v) is 4.90. The predicted molar refractivity (Wildman–Crippen MR) is 104 cm³/mol. The number of rotatable bonds is 4. The largest absolute Gasteiger partial charge is 0.256 e. The zero-order chi connectivity index (χ0) is 16.2. The summed E-state index contributed by atoms with van der Waals surface area (Å²) in [5.41, 5.74) is 4.70. The number of thioether (sulfide) groups is 1. The smallest absolute Gasteiger partial charge is 0.0688 e. The van der Waals surface area contributed by atoms with Gasteiger partial charge in [0.15, 0.2) is 0 Å². The molecule has 0 aliphatic carbocycles. The van der Waals surface area contributed by atoms with Crippen LogP contribution >= 0.6 is 11.8 Å². The van der Waals surface area contributed by atoms with Crippen LogP contribution in [0.3, 0.4) is 0 Å². The van der Waals surface area contributed by atoms with Crippen molar-refractivity contribution in [2.24, 2.45) is 4.99 Å². The van der Waals surface area contributed by atoms with Gasteiger partial charge in [-0.1, -0.05) is 49.4 Å². The highest BCUT2D eigenvalue weighted by atomic mass is 32.2. The van der Waals surface area contributed by atoms with Gasteiger partial charge in [0.05, 0.1) is 5.69 Å². The molecule has 3 rings (SSSR count). The van der Waals surface area contributed by atoms with Crippen LogP contribution in [0.2, 0.25) is 0 Å². The third kappa shape index (κ3) is 3.48. The topological polar surface area (TPSA) is 12.4 Å². The lowest BCUT2D eigenvalue weighted by atomic mass is 10.1. The zero-order valence-corrected chi connectivity index (χ0v) is 14.7. The van der Waals surface area contributed by atoms with Crippen molar-refractivity contribution >= 4 is 34.4 Å². The number of hydrogen-bond donors (Lipinski definition) is 0. The van der Waals surface area contributed by atoms with Crippen LogP contribution in [0.5, 0.6) is 0 Å². The molecule has 0 bridgehead atoms. The molecule has 0 N–H and O–H groups in total. The second kappa shape index (κ2) is 7.01. The Labute approximate surface area is 142 Å². The van der Waals surface area contributed by atoms with E-state index in [4.69, 9.17) is 4.99 Å². The Morgan fingerprint density at radius 3 is 2.22 bits per heavy atom. The molecule has 1 nitrogen and oxygen atoms in total. The maximum atomic E-state index is 4.79. The average Bonchev–Trinajstić information content (AvgIpc) is 2.55. The molecule has 23 heavy (non-hydrogen) atoms. The predicted octanol–water partition coefficient (Wildman–Crippen LogP) is 6.32. The monoisotopic (exact) mass is 319 g/mol. The molecule has 0 spiro atoms. The van der Waals surface area contributed by atoms with Crippen molar-refractivity contribution in [1.82, 2.24) is 0 Å². The zero-order valence-electron chi connectivity index (χ0n) is 13.8. The summed E-state index contributed by atoms with van der Waals surface area (Å²) < 4.78 is 0. The van der Waals surface area contributed by atoms with Crippen LogP contribution in [0, 0.1) is 13.8 Å². The molecule has 0 amide bonds. The average molecular weight is 319 g/mol. The summed E-state index contributed by atoms with van der Waals surface area (Å²) in [5.74, 6) is 1.06. The van der Waals surface area contributed by atoms with Crippen LogP contribution in [-0.2, 0) is 0 Å². The van der Waals surface area contributed by atoms with Gasteiger partial charge in [0.2, 0.25) is 0 Å². The molecule has 116 valence electrons. The first-order valence-electron chi connectivity index (χ1n) is 7.95. The van der Waals surface area contributed by atoms with E-state index < -0.39 is 0 Å². The van der Waals surface area contributed by atoms with E-state index >= 15 is 0 Å². The number of aryl methyl sites for hydroxylation is 2. The highest BCUT2D eigenvalue weighted by Gasteiger charge is 2.05. The van der Waals surface area contributed by atoms with Gasteiger partial charge in [-0.3, -0.25) is 4.99 Å². The van der Waals surface area contributed by atoms with Crippen molar-refractivity contribution < 1.29 is 0 Å². The van der Waals surface area contributed by atoms with Crippen LogP contribution in [-0.4, -0.2) is 12.0 Å². The van der Waals surface area contributed by atoms with Gasteiger partial charge in [-0.15, -0.1) is 11.8 Å². The number of nitrogens with zero attached hydrogens (tertiary/aromatic N) is 1. The number of aliphatic imine (C=N–C) groups is 1. The summed E-state index contributed by atoms with van der Waals surface area (Å²) >= 11 is 1.87. The lowest BCUT2D eigenvalue weighted by Crippen LogP contribution is -1.89.